The maximum Gasteiger partial charge on any atom is 0.326 e. The van der Waals surface area contributed by atoms with Gasteiger partial charge in [-0.3, -0.25) is 4.79 Å². The van der Waals surface area contributed by atoms with Crippen LogP contribution in [0.1, 0.15) is 27.2 Å². The number of aliphatic carboxylic acids is 1. The zero-order chi connectivity index (χ0) is 28.2. The van der Waals surface area contributed by atoms with Crippen molar-refractivity contribution in [1.82, 2.24) is 15.3 Å². The van der Waals surface area contributed by atoms with Gasteiger partial charge in [-0.1, -0.05) is 24.3 Å². The SMILES string of the molecule is O=C(NC(Cc1cccc(Cc2ncnc3ccc(F)cc23)c1)C(=O)O)c1c(F)cc(N2CCOCC2)cc1F. The molecule has 2 N–H and O–H groups in total. The lowest BCUT2D eigenvalue weighted by Crippen LogP contribution is -2.43. The van der Waals surface area contributed by atoms with Gasteiger partial charge in [0.2, 0.25) is 0 Å². The molecule has 206 valence electrons. The van der Waals surface area contributed by atoms with Crippen LogP contribution in [0.25, 0.3) is 10.9 Å². The average molecular weight is 551 g/mol. The van der Waals surface area contributed by atoms with E-state index in [2.05, 4.69) is 15.3 Å². The number of halogens is 3. The van der Waals surface area contributed by atoms with Gasteiger partial charge in [0.15, 0.2) is 0 Å². The molecule has 5 rings (SSSR count). The van der Waals surface area contributed by atoms with Gasteiger partial charge in [-0.25, -0.2) is 27.9 Å². The number of anilines is 1. The fourth-order valence-corrected chi connectivity index (χ4v) is 4.73. The molecule has 1 saturated heterocycles. The highest BCUT2D eigenvalue weighted by atomic mass is 19.1. The molecule has 2 heterocycles. The lowest BCUT2D eigenvalue weighted by atomic mass is 9.99. The number of amides is 1. The van der Waals surface area contributed by atoms with Gasteiger partial charge in [-0.05, 0) is 41.5 Å². The molecular weight excluding hydrogens is 525 g/mol. The molecule has 8 nitrogen and oxygen atoms in total. The highest BCUT2D eigenvalue weighted by Gasteiger charge is 2.26. The van der Waals surface area contributed by atoms with E-state index in [1.54, 1.807) is 29.2 Å². The molecule has 0 radical (unpaired) electrons. The van der Waals surface area contributed by atoms with E-state index in [0.717, 1.165) is 17.7 Å². The Morgan fingerprint density at radius 2 is 1.70 bits per heavy atom. The van der Waals surface area contributed by atoms with E-state index < -0.39 is 40.9 Å². The number of carboxylic acid groups (broad SMARTS) is 1. The molecule has 4 aromatic rings. The zero-order valence-electron chi connectivity index (χ0n) is 21.2. The van der Waals surface area contributed by atoms with E-state index in [1.807, 2.05) is 6.07 Å². The van der Waals surface area contributed by atoms with Crippen LogP contribution in [0.4, 0.5) is 18.9 Å². The number of benzene rings is 3. The van der Waals surface area contributed by atoms with Gasteiger partial charge < -0.3 is 20.1 Å². The first-order valence-corrected chi connectivity index (χ1v) is 12.6. The van der Waals surface area contributed by atoms with Crippen LogP contribution in [0.3, 0.4) is 0 Å². The zero-order valence-corrected chi connectivity index (χ0v) is 21.2. The second-order valence-corrected chi connectivity index (χ2v) is 9.43. The summed E-state index contributed by atoms with van der Waals surface area (Å²) in [5, 5.41) is 12.6. The van der Waals surface area contributed by atoms with Crippen LogP contribution in [-0.4, -0.2) is 59.3 Å². The summed E-state index contributed by atoms with van der Waals surface area (Å²) >= 11 is 0. The Bertz CT molecular complexity index is 1550. The van der Waals surface area contributed by atoms with Crippen LogP contribution in [-0.2, 0) is 22.4 Å². The molecule has 1 fully saturated rings. The molecule has 0 aliphatic carbocycles. The summed E-state index contributed by atoms with van der Waals surface area (Å²) < 4.78 is 48.8. The maximum absolute atomic E-state index is 14.9. The summed E-state index contributed by atoms with van der Waals surface area (Å²) in [6.07, 6.45) is 1.58. The maximum atomic E-state index is 14.9. The molecule has 1 unspecified atom stereocenters. The first-order valence-electron chi connectivity index (χ1n) is 12.6. The molecule has 0 saturated carbocycles. The lowest BCUT2D eigenvalue weighted by Gasteiger charge is -2.29. The smallest absolute Gasteiger partial charge is 0.326 e. The Morgan fingerprint density at radius 3 is 2.42 bits per heavy atom. The molecule has 3 aromatic carbocycles. The summed E-state index contributed by atoms with van der Waals surface area (Å²) in [4.78, 5) is 35.0. The standard InChI is InChI=1S/C29H25F3N4O4/c30-19-4-5-24-21(13-19)25(34-16-33-24)11-17-2-1-3-18(10-17)12-26(29(38)39)35-28(37)27-22(31)14-20(15-23(27)32)36-6-8-40-9-7-36/h1-5,10,13-16,26H,6-9,11-12H2,(H,35,37)(H,38,39). The summed E-state index contributed by atoms with van der Waals surface area (Å²) in [7, 11) is 0. The number of nitrogens with zero attached hydrogens (tertiary/aromatic N) is 3. The first-order chi connectivity index (χ1) is 19.3. The molecule has 1 amide bonds. The lowest BCUT2D eigenvalue weighted by molar-refractivity contribution is -0.139. The number of aromatic nitrogens is 2. The molecule has 1 aromatic heterocycles. The number of carboxylic acids is 1. The Hall–Kier alpha value is -4.51. The van der Waals surface area contributed by atoms with Crippen molar-refractivity contribution in [3.63, 3.8) is 0 Å². The van der Waals surface area contributed by atoms with Crippen molar-refractivity contribution in [2.75, 3.05) is 31.2 Å². The number of ether oxygens (including phenoxy) is 1. The van der Waals surface area contributed by atoms with Gasteiger partial charge in [0.25, 0.3) is 5.91 Å². The number of rotatable bonds is 8. The van der Waals surface area contributed by atoms with Gasteiger partial charge in [-0.15, -0.1) is 0 Å². The second-order valence-electron chi connectivity index (χ2n) is 9.43. The van der Waals surface area contributed by atoms with E-state index in [-0.39, 0.29) is 12.1 Å². The molecule has 1 aliphatic rings. The Labute approximate surface area is 227 Å². The normalized spacial score (nSPS) is 14.2. The van der Waals surface area contributed by atoms with Gasteiger partial charge >= 0.3 is 5.97 Å². The van der Waals surface area contributed by atoms with Crippen LogP contribution in [0.15, 0.2) is 60.9 Å². The summed E-state index contributed by atoms with van der Waals surface area (Å²) in [5.41, 5.74) is 1.96. The van der Waals surface area contributed by atoms with Gasteiger partial charge in [0.05, 0.1) is 24.4 Å². The molecule has 1 atom stereocenters. The van der Waals surface area contributed by atoms with Crippen LogP contribution < -0.4 is 10.2 Å². The Balaban J connectivity index is 1.32. The average Bonchev–Trinajstić information content (AvgIpc) is 2.93. The van der Waals surface area contributed by atoms with Crippen LogP contribution in [0.2, 0.25) is 0 Å². The number of carbonyl (C=O) groups is 2. The van der Waals surface area contributed by atoms with Gasteiger partial charge in [-0.2, -0.15) is 0 Å². The van der Waals surface area contributed by atoms with E-state index in [0.29, 0.717) is 54.9 Å². The van der Waals surface area contributed by atoms with Crippen LogP contribution >= 0.6 is 0 Å². The van der Waals surface area contributed by atoms with Crippen molar-refractivity contribution in [3.8, 4) is 0 Å². The van der Waals surface area contributed by atoms with Crippen molar-refractivity contribution in [2.24, 2.45) is 0 Å². The van der Waals surface area contributed by atoms with Crippen molar-refractivity contribution in [1.29, 1.82) is 0 Å². The van der Waals surface area contributed by atoms with Crippen LogP contribution in [0, 0.1) is 17.5 Å². The fraction of sp³-hybridized carbons (Fsp3) is 0.241. The Kier molecular flexibility index (Phi) is 7.92. The molecule has 40 heavy (non-hydrogen) atoms. The minimum atomic E-state index is -1.45. The van der Waals surface area contributed by atoms with E-state index in [9.17, 15) is 27.9 Å². The summed E-state index contributed by atoms with van der Waals surface area (Å²) in [6.45, 7) is 1.74. The molecular formula is C29H25F3N4O4. The van der Waals surface area contributed by atoms with Crippen molar-refractivity contribution < 1.29 is 32.6 Å². The summed E-state index contributed by atoms with van der Waals surface area (Å²) in [5.74, 6) is -5.11. The third-order valence-electron chi connectivity index (χ3n) is 6.72. The number of nitrogens with one attached hydrogen (secondary N) is 1. The van der Waals surface area contributed by atoms with Crippen LogP contribution in [0.5, 0.6) is 0 Å². The molecule has 0 bridgehead atoms. The first kappa shape index (κ1) is 27.1. The van der Waals surface area contributed by atoms with E-state index in [4.69, 9.17) is 4.74 Å². The van der Waals surface area contributed by atoms with Gasteiger partial charge in [0, 0.05) is 37.0 Å². The monoisotopic (exact) mass is 550 g/mol. The second kappa shape index (κ2) is 11.7. The molecule has 1 aliphatic heterocycles. The fourth-order valence-electron chi connectivity index (χ4n) is 4.73. The summed E-state index contributed by atoms with van der Waals surface area (Å²) in [6, 6.07) is 11.9. The number of morpholine rings is 1. The third kappa shape index (κ3) is 6.04. The third-order valence-corrected chi connectivity index (χ3v) is 6.72. The minimum Gasteiger partial charge on any atom is -0.480 e. The molecule has 0 spiro atoms. The van der Waals surface area contributed by atoms with E-state index in [1.165, 1.54) is 18.5 Å². The highest BCUT2D eigenvalue weighted by molar-refractivity contribution is 5.97. The highest BCUT2D eigenvalue weighted by Crippen LogP contribution is 2.24. The number of fused-ring (bicyclic) bond motifs is 1. The van der Waals surface area contributed by atoms with Crippen molar-refractivity contribution in [2.45, 2.75) is 18.9 Å². The van der Waals surface area contributed by atoms with E-state index >= 15 is 0 Å². The predicted molar refractivity (Wildman–Crippen MR) is 141 cm³/mol. The predicted octanol–water partition coefficient (Wildman–Crippen LogP) is 3.90. The molecule has 11 heteroatoms. The topological polar surface area (TPSA) is 105 Å². The number of carbonyl (C=O) groups excluding carboxylic acids is 1. The van der Waals surface area contributed by atoms with Gasteiger partial charge in [0.1, 0.15) is 35.4 Å². The number of hydrogen-bond acceptors (Lipinski definition) is 6. The van der Waals surface area contributed by atoms with Crippen molar-refractivity contribution in [3.05, 3.63) is 101 Å². The largest absolute Gasteiger partial charge is 0.480 e. The number of hydrogen-bond donors (Lipinski definition) is 2. The van der Waals surface area contributed by atoms with Crippen molar-refractivity contribution >= 4 is 28.5 Å². The quantitative estimate of drug-likeness (QED) is 0.343. The Morgan fingerprint density at radius 1 is 0.975 bits per heavy atom. The minimum absolute atomic E-state index is 0.136.